The predicted octanol–water partition coefficient (Wildman–Crippen LogP) is 10.3. The number of aromatic nitrogens is 6. The molecule has 0 spiro atoms. The highest BCUT2D eigenvalue weighted by atomic mass is 35.5. The highest BCUT2D eigenvalue weighted by Gasteiger charge is 2.27. The molecule has 2 aliphatic rings. The Labute approximate surface area is 487 Å². The van der Waals surface area contributed by atoms with Crippen molar-refractivity contribution in [2.45, 2.75) is 38.1 Å². The van der Waals surface area contributed by atoms with Crippen LogP contribution in [-0.4, -0.2) is 153 Å². The number of likely N-dealkylation sites (N-methyl/N-ethyl adjacent to an activating group) is 2. The summed E-state index contributed by atoms with van der Waals surface area (Å²) in [6.45, 7) is 4.67. The number of rotatable bonds is 18. The topological polar surface area (TPSA) is 212 Å². The Morgan fingerprint density at radius 3 is 1.76 bits per heavy atom. The average molecular weight is 1140 g/mol. The molecule has 0 aliphatic carbocycles. The lowest BCUT2D eigenvalue weighted by Crippen LogP contribution is -2.45. The van der Waals surface area contributed by atoms with Crippen molar-refractivity contribution in [3.05, 3.63) is 167 Å². The van der Waals surface area contributed by atoms with Crippen LogP contribution < -0.4 is 21.3 Å². The number of benzene rings is 4. The Hall–Kier alpha value is -8.42. The van der Waals surface area contributed by atoms with Gasteiger partial charge in [-0.25, -0.2) is 19.9 Å². The third-order valence-electron chi connectivity index (χ3n) is 14.1. The maximum Gasteiger partial charge on any atom is 0.253 e. The molecule has 6 heterocycles. The van der Waals surface area contributed by atoms with Crippen molar-refractivity contribution in [1.82, 2.24) is 49.5 Å². The summed E-state index contributed by atoms with van der Waals surface area (Å²) in [5.74, 6) is 0.932. The van der Waals surface area contributed by atoms with Crippen LogP contribution in [-0.2, 0) is 20.8 Å². The number of carbonyl (C=O) groups excluding carboxylic acids is 4. The first-order chi connectivity index (χ1) is 39.7. The van der Waals surface area contributed by atoms with Crippen LogP contribution in [0, 0.1) is 5.92 Å². The van der Waals surface area contributed by atoms with E-state index in [4.69, 9.17) is 33.2 Å². The first-order valence-corrected chi connectivity index (χ1v) is 28.2. The van der Waals surface area contributed by atoms with Crippen molar-refractivity contribution >= 4 is 91.9 Å². The molecule has 18 nitrogen and oxygen atoms in total. The van der Waals surface area contributed by atoms with Crippen molar-refractivity contribution in [2.24, 2.45) is 5.92 Å². The van der Waals surface area contributed by atoms with E-state index in [-0.39, 0.29) is 35.6 Å². The Bertz CT molecular complexity index is 3560. The van der Waals surface area contributed by atoms with Gasteiger partial charge in [0.2, 0.25) is 29.6 Å². The number of hydrogen-bond acceptors (Lipinski definition) is 12. The molecule has 20 heteroatoms. The summed E-state index contributed by atoms with van der Waals surface area (Å²) in [5.41, 5.74) is 8.06. The molecule has 0 saturated carbocycles. The van der Waals surface area contributed by atoms with Crippen molar-refractivity contribution in [2.75, 3.05) is 95.3 Å². The van der Waals surface area contributed by atoms with Gasteiger partial charge in [-0.05, 0) is 114 Å². The molecule has 4 amide bonds. The Balaban J connectivity index is 0.000000198. The van der Waals surface area contributed by atoms with E-state index in [1.54, 1.807) is 42.7 Å². The quantitative estimate of drug-likeness (QED) is 0.0443. The number of aromatic amines is 2. The number of anilines is 4. The van der Waals surface area contributed by atoms with Crippen LogP contribution in [0.15, 0.2) is 146 Å². The molecule has 8 aromatic rings. The minimum absolute atomic E-state index is 0.0113. The van der Waals surface area contributed by atoms with Crippen LogP contribution in [0.3, 0.4) is 0 Å². The number of carbonyl (C=O) groups is 4. The fraction of sp³-hybridized carbons (Fsp3) is 0.290. The molecule has 0 radical (unpaired) electrons. The van der Waals surface area contributed by atoms with Gasteiger partial charge in [-0.1, -0.05) is 83.9 Å². The van der Waals surface area contributed by atoms with E-state index >= 15 is 0 Å². The van der Waals surface area contributed by atoms with E-state index in [0.29, 0.717) is 103 Å². The van der Waals surface area contributed by atoms with Crippen molar-refractivity contribution < 1.29 is 19.2 Å². The van der Waals surface area contributed by atoms with E-state index < -0.39 is 0 Å². The third kappa shape index (κ3) is 15.7. The van der Waals surface area contributed by atoms with Crippen molar-refractivity contribution in [1.29, 1.82) is 0 Å². The van der Waals surface area contributed by atoms with E-state index in [1.165, 1.54) is 12.2 Å². The number of H-pyrrole nitrogens is 2. The molecule has 82 heavy (non-hydrogen) atoms. The van der Waals surface area contributed by atoms with Gasteiger partial charge >= 0.3 is 0 Å². The molecule has 2 saturated heterocycles. The second kappa shape index (κ2) is 27.8. The van der Waals surface area contributed by atoms with Gasteiger partial charge in [0.25, 0.3) is 5.91 Å². The first-order valence-electron chi connectivity index (χ1n) is 27.4. The number of nitrogens with one attached hydrogen (secondary N) is 6. The van der Waals surface area contributed by atoms with E-state index in [9.17, 15) is 19.2 Å². The number of nitrogens with zero attached hydrogens (tertiary/aromatic N) is 8. The van der Waals surface area contributed by atoms with Crippen LogP contribution in [0.4, 0.5) is 23.3 Å². The average Bonchev–Trinajstić information content (AvgIpc) is 4.06. The second-order valence-electron chi connectivity index (χ2n) is 21.0. The van der Waals surface area contributed by atoms with Crippen LogP contribution >= 0.6 is 23.2 Å². The number of amides is 4. The second-order valence-corrected chi connectivity index (χ2v) is 21.8. The number of piperidine rings is 2. The molecule has 6 N–H and O–H groups in total. The Morgan fingerprint density at radius 2 is 1.17 bits per heavy atom. The molecule has 4 aromatic carbocycles. The normalized spacial score (nSPS) is 15.5. The standard InChI is InChI=1S/2C31H34ClN7O2/c1-38(2)15-6-10-28(40)35-22-13-11-21(12-14-22)17-29(41)39-16-5-7-23(20-39)36-31-34-19-26(32)30(37-31)25-18-33-27-9-4-3-8-24(25)27;1-38(2)15-6-10-28(40)36-23-13-11-22(12-14-23)30(41)39-16-5-7-21(20-39)17-34-31-35-19-26(32)29(37-31)25-18-33-27-9-4-3-8-24(25)27/h3-4,6,8-14,18-19,23,33H,5,7,15-17,20H2,1-2H3,(H,35,40)(H,34,36,37);3-4,6,8-14,18-19,21,33H,5,7,15-17,20H2,1-2H3,(H,36,40)(H,34,35,37)/b2*10-6+. The molecule has 2 fully saturated rings. The lowest BCUT2D eigenvalue weighted by molar-refractivity contribution is -0.131. The number of hydrogen-bond donors (Lipinski definition) is 6. The maximum absolute atomic E-state index is 13.2. The van der Waals surface area contributed by atoms with Crippen molar-refractivity contribution in [3.63, 3.8) is 0 Å². The highest BCUT2D eigenvalue weighted by Crippen LogP contribution is 2.34. The summed E-state index contributed by atoms with van der Waals surface area (Å²) < 4.78 is 0. The number of fused-ring (bicyclic) bond motifs is 2. The molecular weight excluding hydrogens is 1080 g/mol. The monoisotopic (exact) mass is 1140 g/mol. The molecule has 424 valence electrons. The van der Waals surface area contributed by atoms with Gasteiger partial charge < -0.3 is 50.8 Å². The lowest BCUT2D eigenvalue weighted by atomic mass is 9.97. The van der Waals surface area contributed by atoms with Gasteiger partial charge in [-0.3, -0.25) is 19.2 Å². The highest BCUT2D eigenvalue weighted by molar-refractivity contribution is 6.33. The third-order valence-corrected chi connectivity index (χ3v) is 14.6. The molecule has 2 atom stereocenters. The van der Waals surface area contributed by atoms with Gasteiger partial charge in [0, 0.05) is 126 Å². The lowest BCUT2D eigenvalue weighted by Gasteiger charge is -2.33. The first kappa shape index (κ1) is 58.2. The van der Waals surface area contributed by atoms with Crippen LogP contribution in [0.25, 0.3) is 44.3 Å². The number of halogens is 2. The molecule has 2 aliphatic heterocycles. The fourth-order valence-electron chi connectivity index (χ4n) is 9.94. The zero-order valence-electron chi connectivity index (χ0n) is 46.5. The minimum atomic E-state index is -0.199. The number of para-hydroxylation sites is 2. The van der Waals surface area contributed by atoms with Gasteiger partial charge in [-0.15, -0.1) is 0 Å². The van der Waals surface area contributed by atoms with Gasteiger partial charge in [-0.2, -0.15) is 0 Å². The summed E-state index contributed by atoms with van der Waals surface area (Å²) in [5, 5.41) is 15.5. The zero-order chi connectivity index (χ0) is 57.5. The summed E-state index contributed by atoms with van der Waals surface area (Å²) in [6.07, 6.45) is 17.7. The van der Waals surface area contributed by atoms with Crippen LogP contribution in [0.1, 0.15) is 41.6 Å². The van der Waals surface area contributed by atoms with Gasteiger partial charge in [0.15, 0.2) is 0 Å². The predicted molar refractivity (Wildman–Crippen MR) is 328 cm³/mol. The van der Waals surface area contributed by atoms with Crippen molar-refractivity contribution in [3.8, 4) is 22.5 Å². The molecular formula is C62H68Cl2N14O4. The molecule has 10 rings (SSSR count). The molecule has 2 unspecified atom stereocenters. The van der Waals surface area contributed by atoms with E-state index in [0.717, 1.165) is 64.2 Å². The summed E-state index contributed by atoms with van der Waals surface area (Å²) in [4.78, 5) is 83.1. The summed E-state index contributed by atoms with van der Waals surface area (Å²) in [7, 11) is 7.77. The van der Waals surface area contributed by atoms with E-state index in [1.807, 2.05) is 139 Å². The minimum Gasteiger partial charge on any atom is -0.360 e. The Kier molecular flexibility index (Phi) is 19.8. The van der Waals surface area contributed by atoms with Gasteiger partial charge in [0.1, 0.15) is 0 Å². The van der Waals surface area contributed by atoms with Crippen LogP contribution in [0.5, 0.6) is 0 Å². The van der Waals surface area contributed by atoms with E-state index in [2.05, 4.69) is 41.2 Å². The molecule has 0 bridgehead atoms. The fourth-order valence-corrected chi connectivity index (χ4v) is 10.3. The maximum atomic E-state index is 13.2. The molecule has 4 aromatic heterocycles. The SMILES string of the molecule is CN(C)C/C=C/C(=O)Nc1ccc(C(=O)N2CCCC(CNc3ncc(Cl)c(-c4c[nH]c5ccccc45)n3)C2)cc1.CN(C)C/C=C/C(=O)Nc1ccc(CC(=O)N2CCCC(Nc3ncc(Cl)c(-c4c[nH]c5ccccc45)n3)C2)cc1. The summed E-state index contributed by atoms with van der Waals surface area (Å²) in [6, 6.07) is 30.5. The smallest absolute Gasteiger partial charge is 0.253 e. The Morgan fingerprint density at radius 1 is 0.646 bits per heavy atom. The number of likely N-dealkylation sites (tertiary alicyclic amines) is 2. The summed E-state index contributed by atoms with van der Waals surface area (Å²) >= 11 is 13.0. The zero-order valence-corrected chi connectivity index (χ0v) is 48.0. The van der Waals surface area contributed by atoms with Gasteiger partial charge in [0.05, 0.1) is 40.2 Å². The largest absolute Gasteiger partial charge is 0.360 e. The van der Waals surface area contributed by atoms with Crippen LogP contribution in [0.2, 0.25) is 10.0 Å².